The predicted octanol–water partition coefficient (Wildman–Crippen LogP) is 2.02. The number of likely N-dealkylation sites (N-methyl/N-ethyl adjacent to an activating group) is 1. The van der Waals surface area contributed by atoms with Crippen LogP contribution in [0.15, 0.2) is 0 Å². The Kier molecular flexibility index (Phi) is 5.26. The van der Waals surface area contributed by atoms with Crippen molar-refractivity contribution in [3.05, 3.63) is 0 Å². The molecule has 0 spiro atoms. The van der Waals surface area contributed by atoms with E-state index in [1.165, 1.54) is 58.2 Å². The highest BCUT2D eigenvalue weighted by Crippen LogP contribution is 2.27. The number of nitrogens with zero attached hydrogens (tertiary/aromatic N) is 1. The lowest BCUT2D eigenvalue weighted by atomic mass is 9.90. The lowest BCUT2D eigenvalue weighted by Crippen LogP contribution is -2.51. The van der Waals surface area contributed by atoms with Gasteiger partial charge in [-0.3, -0.25) is 4.90 Å². The molecule has 0 amide bonds. The Morgan fingerprint density at radius 2 is 1.88 bits per heavy atom. The molecule has 0 radical (unpaired) electrons. The van der Waals surface area contributed by atoms with E-state index in [2.05, 4.69) is 17.1 Å². The highest BCUT2D eigenvalue weighted by molar-refractivity contribution is 4.86. The van der Waals surface area contributed by atoms with Gasteiger partial charge in [-0.25, -0.2) is 0 Å². The van der Waals surface area contributed by atoms with Crippen LogP contribution in [0.4, 0.5) is 0 Å². The lowest BCUT2D eigenvalue weighted by Gasteiger charge is -2.42. The highest BCUT2D eigenvalue weighted by atomic mass is 16.5. The smallest absolute Gasteiger partial charge is 0.0572 e. The average Bonchev–Trinajstić information content (AvgIpc) is 2.42. The van der Waals surface area contributed by atoms with Crippen molar-refractivity contribution in [3.63, 3.8) is 0 Å². The molecule has 1 saturated carbocycles. The summed E-state index contributed by atoms with van der Waals surface area (Å²) in [5.74, 6) is 0. The van der Waals surface area contributed by atoms with Crippen LogP contribution < -0.4 is 5.32 Å². The number of rotatable bonds is 4. The van der Waals surface area contributed by atoms with Gasteiger partial charge < -0.3 is 10.1 Å². The van der Waals surface area contributed by atoms with E-state index in [1.54, 1.807) is 0 Å². The fourth-order valence-electron chi connectivity index (χ4n) is 3.54. The minimum atomic E-state index is 0.523. The lowest BCUT2D eigenvalue weighted by molar-refractivity contribution is 0.0238. The second kappa shape index (κ2) is 6.72. The Hall–Kier alpha value is -0.120. The Morgan fingerprint density at radius 3 is 2.41 bits per heavy atom. The van der Waals surface area contributed by atoms with Gasteiger partial charge in [0.05, 0.1) is 6.10 Å². The van der Waals surface area contributed by atoms with Crippen molar-refractivity contribution in [2.24, 2.45) is 0 Å². The van der Waals surface area contributed by atoms with Gasteiger partial charge >= 0.3 is 0 Å². The number of nitrogens with one attached hydrogen (secondary N) is 1. The Labute approximate surface area is 106 Å². The van der Waals surface area contributed by atoms with Crippen LogP contribution in [0, 0.1) is 0 Å². The molecule has 0 aromatic rings. The van der Waals surface area contributed by atoms with Gasteiger partial charge in [0, 0.05) is 25.7 Å². The summed E-state index contributed by atoms with van der Waals surface area (Å²) in [5.41, 5.74) is 0. The summed E-state index contributed by atoms with van der Waals surface area (Å²) in [7, 11) is 1.85. The van der Waals surface area contributed by atoms with Crippen molar-refractivity contribution in [3.8, 4) is 0 Å². The molecule has 100 valence electrons. The third-order valence-corrected chi connectivity index (χ3v) is 4.55. The van der Waals surface area contributed by atoms with Crippen LogP contribution in [-0.2, 0) is 4.74 Å². The molecule has 1 aliphatic carbocycles. The maximum Gasteiger partial charge on any atom is 0.0572 e. The first-order chi connectivity index (χ1) is 8.35. The Morgan fingerprint density at radius 1 is 1.12 bits per heavy atom. The molecule has 1 atom stereocenters. The van der Waals surface area contributed by atoms with Crippen molar-refractivity contribution in [2.75, 3.05) is 26.7 Å². The second-order valence-electron chi connectivity index (χ2n) is 5.50. The normalized spacial score (nSPS) is 35.1. The van der Waals surface area contributed by atoms with Crippen LogP contribution in [0.2, 0.25) is 0 Å². The molecule has 1 N–H and O–H groups in total. The fraction of sp³-hybridized carbons (Fsp3) is 1.00. The van der Waals surface area contributed by atoms with Crippen LogP contribution in [0.25, 0.3) is 0 Å². The monoisotopic (exact) mass is 240 g/mol. The summed E-state index contributed by atoms with van der Waals surface area (Å²) in [6, 6.07) is 1.58. The first-order valence-electron chi connectivity index (χ1n) is 7.34. The van der Waals surface area contributed by atoms with Crippen LogP contribution in [0.1, 0.15) is 45.4 Å². The molecule has 1 saturated heterocycles. The van der Waals surface area contributed by atoms with Gasteiger partial charge in [0.15, 0.2) is 0 Å². The molecular weight excluding hydrogens is 212 g/mol. The van der Waals surface area contributed by atoms with Crippen molar-refractivity contribution < 1.29 is 4.74 Å². The zero-order valence-electron chi connectivity index (χ0n) is 11.5. The number of hydrogen-bond acceptors (Lipinski definition) is 3. The minimum absolute atomic E-state index is 0.523. The van der Waals surface area contributed by atoms with E-state index in [0.717, 1.165) is 12.1 Å². The summed E-state index contributed by atoms with van der Waals surface area (Å²) in [6.45, 7) is 5.92. The minimum Gasteiger partial charge on any atom is -0.381 e. The number of ether oxygens (including phenoxy) is 1. The van der Waals surface area contributed by atoms with Gasteiger partial charge in [-0.1, -0.05) is 6.92 Å². The fourth-order valence-corrected chi connectivity index (χ4v) is 3.54. The van der Waals surface area contributed by atoms with Gasteiger partial charge in [0.1, 0.15) is 0 Å². The molecule has 1 aliphatic heterocycles. The van der Waals surface area contributed by atoms with Gasteiger partial charge in [-0.05, 0) is 51.6 Å². The largest absolute Gasteiger partial charge is 0.381 e. The van der Waals surface area contributed by atoms with Gasteiger partial charge in [-0.2, -0.15) is 0 Å². The molecule has 17 heavy (non-hydrogen) atoms. The first kappa shape index (κ1) is 13.3. The average molecular weight is 240 g/mol. The third kappa shape index (κ3) is 3.43. The Balaban J connectivity index is 1.85. The maximum absolute atomic E-state index is 5.47. The van der Waals surface area contributed by atoms with E-state index >= 15 is 0 Å². The molecule has 0 bridgehead atoms. The van der Waals surface area contributed by atoms with E-state index in [9.17, 15) is 0 Å². The molecule has 3 heteroatoms. The van der Waals surface area contributed by atoms with E-state index in [0.29, 0.717) is 6.10 Å². The molecule has 0 aromatic heterocycles. The molecule has 2 rings (SSSR count). The molecule has 0 aromatic carbocycles. The van der Waals surface area contributed by atoms with Gasteiger partial charge in [-0.15, -0.1) is 0 Å². The summed E-state index contributed by atoms with van der Waals surface area (Å²) < 4.78 is 5.47. The summed E-state index contributed by atoms with van der Waals surface area (Å²) in [4.78, 5) is 2.75. The highest BCUT2D eigenvalue weighted by Gasteiger charge is 2.29. The maximum atomic E-state index is 5.47. The summed E-state index contributed by atoms with van der Waals surface area (Å²) >= 11 is 0. The van der Waals surface area contributed by atoms with Crippen LogP contribution in [0.5, 0.6) is 0 Å². The van der Waals surface area contributed by atoms with Crippen LogP contribution in [0.3, 0.4) is 0 Å². The van der Waals surface area contributed by atoms with Gasteiger partial charge in [0.25, 0.3) is 0 Å². The summed E-state index contributed by atoms with van der Waals surface area (Å²) in [6.07, 6.45) is 8.38. The molecule has 2 fully saturated rings. The van der Waals surface area contributed by atoms with Crippen LogP contribution >= 0.6 is 0 Å². The van der Waals surface area contributed by atoms with Crippen molar-refractivity contribution >= 4 is 0 Å². The standard InChI is InChI=1S/C14H28N2O/c1-3-16(13-5-4-10-15-11-13)12-6-8-14(17-2)9-7-12/h12-15H,3-11H2,1-2H3. The van der Waals surface area contributed by atoms with Crippen molar-refractivity contribution in [1.82, 2.24) is 10.2 Å². The van der Waals surface area contributed by atoms with Crippen LogP contribution in [-0.4, -0.2) is 49.8 Å². The zero-order valence-corrected chi connectivity index (χ0v) is 11.5. The predicted molar refractivity (Wildman–Crippen MR) is 71.3 cm³/mol. The first-order valence-corrected chi connectivity index (χ1v) is 7.34. The zero-order chi connectivity index (χ0) is 12.1. The quantitative estimate of drug-likeness (QED) is 0.813. The van der Waals surface area contributed by atoms with Crippen molar-refractivity contribution in [2.45, 2.75) is 63.6 Å². The topological polar surface area (TPSA) is 24.5 Å². The molecule has 3 nitrogen and oxygen atoms in total. The SMILES string of the molecule is CCN(C1CCC(OC)CC1)C1CCCNC1. The van der Waals surface area contributed by atoms with E-state index < -0.39 is 0 Å². The second-order valence-corrected chi connectivity index (χ2v) is 5.50. The Bertz CT molecular complexity index is 208. The molecular formula is C14H28N2O. The van der Waals surface area contributed by atoms with E-state index in [4.69, 9.17) is 4.74 Å². The third-order valence-electron chi connectivity index (χ3n) is 4.55. The van der Waals surface area contributed by atoms with E-state index in [-0.39, 0.29) is 0 Å². The molecule has 1 unspecified atom stereocenters. The van der Waals surface area contributed by atoms with Gasteiger partial charge in [0.2, 0.25) is 0 Å². The molecule has 2 aliphatic rings. The van der Waals surface area contributed by atoms with Crippen molar-refractivity contribution in [1.29, 1.82) is 0 Å². The summed E-state index contributed by atoms with van der Waals surface area (Å²) in [5, 5.41) is 3.54. The molecule has 1 heterocycles. The number of hydrogen-bond donors (Lipinski definition) is 1. The number of piperidine rings is 1. The number of methoxy groups -OCH3 is 1. The van der Waals surface area contributed by atoms with E-state index in [1.807, 2.05) is 7.11 Å².